The number of nitrogens with one attached hydrogen (secondary N) is 1. The summed E-state index contributed by atoms with van der Waals surface area (Å²) in [6.07, 6.45) is 2.76. The molecule has 0 fully saturated rings. The van der Waals surface area contributed by atoms with Crippen LogP contribution >= 0.6 is 12.4 Å². The summed E-state index contributed by atoms with van der Waals surface area (Å²) in [6.45, 7) is 1.74. The molecule has 0 saturated heterocycles. The molecule has 1 aromatic carbocycles. The summed E-state index contributed by atoms with van der Waals surface area (Å²) < 4.78 is 0. The van der Waals surface area contributed by atoms with Crippen molar-refractivity contribution >= 4 is 24.1 Å². The van der Waals surface area contributed by atoms with Crippen LogP contribution < -0.4 is 10.6 Å². The minimum absolute atomic E-state index is 0. The number of hydrogen-bond acceptors (Lipinski definition) is 3. The minimum atomic E-state index is 0. The number of amidine groups is 1. The number of pyridine rings is 1. The van der Waals surface area contributed by atoms with Crippen LogP contribution in [0.4, 0.5) is 5.82 Å². The Kier molecular flexibility index (Phi) is 4.25. The average molecular weight is 289 g/mol. The van der Waals surface area contributed by atoms with Crippen LogP contribution in [-0.2, 0) is 13.0 Å². The number of rotatable bonds is 2. The second kappa shape index (κ2) is 5.92. The third-order valence-corrected chi connectivity index (χ3v) is 3.51. The number of aromatic nitrogens is 1. The van der Waals surface area contributed by atoms with Gasteiger partial charge in [-0.3, -0.25) is 5.41 Å². The van der Waals surface area contributed by atoms with Gasteiger partial charge >= 0.3 is 0 Å². The van der Waals surface area contributed by atoms with Gasteiger partial charge in [-0.15, -0.1) is 12.4 Å². The van der Waals surface area contributed by atoms with Crippen molar-refractivity contribution < 1.29 is 0 Å². The first-order valence-corrected chi connectivity index (χ1v) is 6.37. The summed E-state index contributed by atoms with van der Waals surface area (Å²) >= 11 is 0. The predicted octanol–water partition coefficient (Wildman–Crippen LogP) is 2.35. The van der Waals surface area contributed by atoms with Gasteiger partial charge in [-0.25, -0.2) is 4.98 Å². The first-order valence-electron chi connectivity index (χ1n) is 6.37. The molecule has 5 heteroatoms. The van der Waals surface area contributed by atoms with Crippen LogP contribution in [0.3, 0.4) is 0 Å². The van der Waals surface area contributed by atoms with Crippen LogP contribution in [0, 0.1) is 5.41 Å². The Labute approximate surface area is 124 Å². The van der Waals surface area contributed by atoms with E-state index in [2.05, 4.69) is 34.1 Å². The van der Waals surface area contributed by atoms with E-state index in [9.17, 15) is 0 Å². The van der Waals surface area contributed by atoms with Crippen molar-refractivity contribution in [2.45, 2.75) is 13.0 Å². The lowest BCUT2D eigenvalue weighted by molar-refractivity contribution is 0.720. The van der Waals surface area contributed by atoms with Crippen LogP contribution in [0.5, 0.6) is 0 Å². The molecule has 4 nitrogen and oxygen atoms in total. The second-order valence-electron chi connectivity index (χ2n) is 4.73. The maximum Gasteiger partial charge on any atom is 0.139 e. The van der Waals surface area contributed by atoms with Crippen molar-refractivity contribution in [3.05, 3.63) is 59.3 Å². The van der Waals surface area contributed by atoms with Crippen LogP contribution in [-0.4, -0.2) is 17.4 Å². The quantitative estimate of drug-likeness (QED) is 0.658. The standard InChI is InChI=1S/C15H16N4.ClH/c16-14(17)13-6-3-8-18-15(13)19-9-7-11-4-1-2-5-12(11)10-19;/h1-6,8H,7,9-10H2,(H3,16,17);1H. The molecular weight excluding hydrogens is 272 g/mol. The average Bonchev–Trinajstić information content (AvgIpc) is 2.46. The molecule has 0 aliphatic carbocycles. The molecule has 20 heavy (non-hydrogen) atoms. The normalized spacial score (nSPS) is 13.3. The number of halogens is 1. The van der Waals surface area contributed by atoms with E-state index in [1.165, 1.54) is 11.1 Å². The van der Waals surface area contributed by atoms with Crippen molar-refractivity contribution in [1.82, 2.24) is 4.98 Å². The monoisotopic (exact) mass is 288 g/mol. The predicted molar refractivity (Wildman–Crippen MR) is 83.7 cm³/mol. The number of nitrogens with two attached hydrogens (primary N) is 1. The molecule has 0 spiro atoms. The van der Waals surface area contributed by atoms with E-state index < -0.39 is 0 Å². The summed E-state index contributed by atoms with van der Waals surface area (Å²) in [4.78, 5) is 6.60. The first-order chi connectivity index (χ1) is 9.25. The molecule has 2 heterocycles. The fourth-order valence-corrected chi connectivity index (χ4v) is 2.54. The van der Waals surface area contributed by atoms with Crippen molar-refractivity contribution in [3.63, 3.8) is 0 Å². The lowest BCUT2D eigenvalue weighted by Gasteiger charge is -2.30. The molecule has 0 radical (unpaired) electrons. The number of nitrogen functional groups attached to an aromatic ring is 1. The third kappa shape index (κ3) is 2.60. The number of benzene rings is 1. The van der Waals surface area contributed by atoms with Gasteiger partial charge in [0.25, 0.3) is 0 Å². The van der Waals surface area contributed by atoms with Crippen LogP contribution in [0.25, 0.3) is 0 Å². The molecule has 1 aliphatic rings. The zero-order valence-electron chi connectivity index (χ0n) is 11.0. The molecular formula is C15H17ClN4. The van der Waals surface area contributed by atoms with E-state index in [-0.39, 0.29) is 18.2 Å². The maximum atomic E-state index is 7.65. The smallest absolute Gasteiger partial charge is 0.139 e. The Morgan fingerprint density at radius 3 is 2.65 bits per heavy atom. The van der Waals surface area contributed by atoms with E-state index >= 15 is 0 Å². The highest BCUT2D eigenvalue weighted by molar-refractivity contribution is 5.99. The molecule has 3 N–H and O–H groups in total. The molecule has 0 saturated carbocycles. The Morgan fingerprint density at radius 1 is 1.15 bits per heavy atom. The van der Waals surface area contributed by atoms with Crippen LogP contribution in [0.2, 0.25) is 0 Å². The van der Waals surface area contributed by atoms with Crippen molar-refractivity contribution in [3.8, 4) is 0 Å². The van der Waals surface area contributed by atoms with Crippen molar-refractivity contribution in [1.29, 1.82) is 5.41 Å². The van der Waals surface area contributed by atoms with Gasteiger partial charge in [0.15, 0.2) is 0 Å². The van der Waals surface area contributed by atoms with E-state index in [0.29, 0.717) is 5.56 Å². The highest BCUT2D eigenvalue weighted by Gasteiger charge is 2.19. The first kappa shape index (κ1) is 14.3. The molecule has 1 aliphatic heterocycles. The van der Waals surface area contributed by atoms with E-state index in [4.69, 9.17) is 11.1 Å². The number of fused-ring (bicyclic) bond motifs is 1. The van der Waals surface area contributed by atoms with Crippen LogP contribution in [0.15, 0.2) is 42.6 Å². The topological polar surface area (TPSA) is 66.0 Å². The molecule has 0 amide bonds. The lowest BCUT2D eigenvalue weighted by Crippen LogP contribution is -2.32. The van der Waals surface area contributed by atoms with E-state index in [0.717, 1.165) is 25.3 Å². The van der Waals surface area contributed by atoms with E-state index in [1.54, 1.807) is 6.20 Å². The number of anilines is 1. The molecule has 0 atom stereocenters. The fraction of sp³-hybridized carbons (Fsp3) is 0.200. The zero-order valence-corrected chi connectivity index (χ0v) is 11.9. The molecule has 1 aromatic heterocycles. The molecule has 3 rings (SSSR count). The number of hydrogen-bond donors (Lipinski definition) is 2. The largest absolute Gasteiger partial charge is 0.384 e. The zero-order chi connectivity index (χ0) is 13.2. The van der Waals surface area contributed by atoms with Gasteiger partial charge in [-0.05, 0) is 29.7 Å². The van der Waals surface area contributed by atoms with Gasteiger partial charge in [0.1, 0.15) is 11.7 Å². The molecule has 0 unspecified atom stereocenters. The second-order valence-corrected chi connectivity index (χ2v) is 4.73. The third-order valence-electron chi connectivity index (χ3n) is 3.51. The summed E-state index contributed by atoms with van der Waals surface area (Å²) in [5.74, 6) is 0.881. The molecule has 2 aromatic rings. The van der Waals surface area contributed by atoms with Gasteiger partial charge in [-0.2, -0.15) is 0 Å². The molecule has 104 valence electrons. The van der Waals surface area contributed by atoms with Gasteiger partial charge in [0.05, 0.1) is 5.56 Å². The highest BCUT2D eigenvalue weighted by Crippen LogP contribution is 2.25. The van der Waals surface area contributed by atoms with Crippen molar-refractivity contribution in [2.75, 3.05) is 11.4 Å². The summed E-state index contributed by atoms with van der Waals surface area (Å²) in [6, 6.07) is 12.1. The van der Waals surface area contributed by atoms with Gasteiger partial charge in [0, 0.05) is 19.3 Å². The van der Waals surface area contributed by atoms with Gasteiger partial charge in [-0.1, -0.05) is 24.3 Å². The van der Waals surface area contributed by atoms with Crippen molar-refractivity contribution in [2.24, 2.45) is 5.73 Å². The van der Waals surface area contributed by atoms with Gasteiger partial charge in [0.2, 0.25) is 0 Å². The lowest BCUT2D eigenvalue weighted by atomic mass is 9.99. The fourth-order valence-electron chi connectivity index (χ4n) is 2.54. The summed E-state index contributed by atoms with van der Waals surface area (Å²) in [5.41, 5.74) is 9.07. The molecule has 0 bridgehead atoms. The Morgan fingerprint density at radius 2 is 1.90 bits per heavy atom. The van der Waals surface area contributed by atoms with Gasteiger partial charge < -0.3 is 10.6 Å². The van der Waals surface area contributed by atoms with E-state index in [1.807, 2.05) is 12.1 Å². The highest BCUT2D eigenvalue weighted by atomic mass is 35.5. The Hall–Kier alpha value is -2.07. The Bertz CT molecular complexity index is 627. The SMILES string of the molecule is Cl.N=C(N)c1cccnc1N1CCc2ccccc2C1. The summed E-state index contributed by atoms with van der Waals surface area (Å²) in [5, 5.41) is 7.65. The maximum absolute atomic E-state index is 7.65. The number of nitrogens with zero attached hydrogens (tertiary/aromatic N) is 2. The minimum Gasteiger partial charge on any atom is -0.384 e. The van der Waals surface area contributed by atoms with Crippen LogP contribution in [0.1, 0.15) is 16.7 Å². The Balaban J connectivity index is 0.00000147. The summed E-state index contributed by atoms with van der Waals surface area (Å²) in [7, 11) is 0.